The van der Waals surface area contributed by atoms with Crippen LogP contribution in [0.15, 0.2) is 35.7 Å². The lowest BCUT2D eigenvalue weighted by atomic mass is 9.82. The van der Waals surface area contributed by atoms with Crippen molar-refractivity contribution >= 4 is 34.2 Å². The number of hydrogen-bond acceptors (Lipinski definition) is 7. The molecule has 0 radical (unpaired) electrons. The predicted molar refractivity (Wildman–Crippen MR) is 116 cm³/mol. The molecule has 0 saturated heterocycles. The highest BCUT2D eigenvalue weighted by molar-refractivity contribution is 7.15. The highest BCUT2D eigenvalue weighted by atomic mass is 32.1. The zero-order valence-corrected chi connectivity index (χ0v) is 18.2. The number of carbonyl (C=O) groups is 3. The minimum absolute atomic E-state index is 0.183. The van der Waals surface area contributed by atoms with Crippen molar-refractivity contribution < 1.29 is 33.7 Å². The molecule has 9 heteroatoms. The average molecular weight is 445 g/mol. The lowest BCUT2D eigenvalue weighted by Gasteiger charge is -2.24. The summed E-state index contributed by atoms with van der Waals surface area (Å²) in [5, 5.41) is 14.2. The molecule has 2 atom stereocenters. The summed E-state index contributed by atoms with van der Waals surface area (Å²) in [7, 11) is 4.30. The largest absolute Gasteiger partial charge is 0.497 e. The molecule has 8 nitrogen and oxygen atoms in total. The van der Waals surface area contributed by atoms with Crippen LogP contribution in [0.1, 0.15) is 23.2 Å². The normalized spacial score (nSPS) is 17.6. The zero-order valence-electron chi connectivity index (χ0n) is 17.3. The summed E-state index contributed by atoms with van der Waals surface area (Å²) in [5.74, 6) is -2.55. The van der Waals surface area contributed by atoms with Gasteiger partial charge in [0.25, 0.3) is 0 Å². The molecule has 164 valence electrons. The first kappa shape index (κ1) is 22.4. The quantitative estimate of drug-likeness (QED) is 0.492. The van der Waals surface area contributed by atoms with Crippen molar-refractivity contribution in [1.29, 1.82) is 0 Å². The van der Waals surface area contributed by atoms with Crippen LogP contribution in [0, 0.1) is 11.8 Å². The molecule has 31 heavy (non-hydrogen) atoms. The Bertz CT molecular complexity index is 1030. The SMILES string of the molecule is COC(=O)c1c(-c2ccc(OC)cc2OC)csc1NC(=O)C1CC=CCC1C(=O)O. The van der Waals surface area contributed by atoms with Gasteiger partial charge in [-0.25, -0.2) is 4.79 Å². The van der Waals surface area contributed by atoms with Gasteiger partial charge < -0.3 is 24.6 Å². The molecule has 3 rings (SSSR count). The maximum atomic E-state index is 12.9. The van der Waals surface area contributed by atoms with E-state index in [9.17, 15) is 19.5 Å². The smallest absolute Gasteiger partial charge is 0.341 e. The summed E-state index contributed by atoms with van der Waals surface area (Å²) in [6, 6.07) is 5.18. The fourth-order valence-electron chi connectivity index (χ4n) is 3.56. The number of ether oxygens (including phenoxy) is 3. The number of thiophene rings is 1. The minimum Gasteiger partial charge on any atom is -0.497 e. The van der Waals surface area contributed by atoms with Crippen molar-refractivity contribution in [2.45, 2.75) is 12.8 Å². The van der Waals surface area contributed by atoms with Crippen LogP contribution in [0.4, 0.5) is 5.00 Å². The first-order valence-corrected chi connectivity index (χ1v) is 10.4. The second-order valence-corrected chi connectivity index (χ2v) is 7.77. The predicted octanol–water partition coefficient (Wildman–Crippen LogP) is 3.82. The molecule has 1 amide bonds. The van der Waals surface area contributed by atoms with Crippen LogP contribution in [0.25, 0.3) is 11.1 Å². The molecule has 0 saturated carbocycles. The van der Waals surface area contributed by atoms with E-state index in [2.05, 4.69) is 5.32 Å². The van der Waals surface area contributed by atoms with E-state index in [0.29, 0.717) is 34.0 Å². The molecule has 1 aliphatic rings. The molecule has 0 bridgehead atoms. The van der Waals surface area contributed by atoms with E-state index in [1.807, 2.05) is 0 Å². The lowest BCUT2D eigenvalue weighted by molar-refractivity contribution is -0.146. The number of esters is 1. The third-order valence-electron chi connectivity index (χ3n) is 5.20. The van der Waals surface area contributed by atoms with Gasteiger partial charge in [0, 0.05) is 22.6 Å². The van der Waals surface area contributed by atoms with E-state index >= 15 is 0 Å². The molecule has 2 aromatic rings. The fourth-order valence-corrected chi connectivity index (χ4v) is 4.51. The molecule has 1 aromatic carbocycles. The van der Waals surface area contributed by atoms with Crippen molar-refractivity contribution in [1.82, 2.24) is 0 Å². The number of carbonyl (C=O) groups excluding carboxylic acids is 2. The number of methoxy groups -OCH3 is 3. The second-order valence-electron chi connectivity index (χ2n) is 6.89. The monoisotopic (exact) mass is 445 g/mol. The summed E-state index contributed by atoms with van der Waals surface area (Å²) in [4.78, 5) is 37.1. The number of nitrogens with one attached hydrogen (secondary N) is 1. The van der Waals surface area contributed by atoms with Crippen LogP contribution in [-0.2, 0) is 14.3 Å². The zero-order chi connectivity index (χ0) is 22.5. The average Bonchev–Trinajstić information content (AvgIpc) is 3.20. The van der Waals surface area contributed by atoms with Gasteiger partial charge >= 0.3 is 11.9 Å². The highest BCUT2D eigenvalue weighted by Gasteiger charge is 2.35. The van der Waals surface area contributed by atoms with Gasteiger partial charge in [-0.1, -0.05) is 12.2 Å². The number of carboxylic acid groups (broad SMARTS) is 1. The second kappa shape index (κ2) is 9.65. The number of rotatable bonds is 7. The van der Waals surface area contributed by atoms with E-state index in [4.69, 9.17) is 14.2 Å². The van der Waals surface area contributed by atoms with E-state index in [-0.39, 0.29) is 12.0 Å². The standard InChI is InChI=1S/C22H23NO7S/c1-28-12-8-9-13(17(10-12)29-2)16-11-31-20(18(16)22(27)30-3)23-19(24)14-6-4-5-7-15(14)21(25)26/h4-5,8-11,14-15H,6-7H2,1-3H3,(H,23,24)(H,25,26). The first-order valence-electron chi connectivity index (χ1n) is 9.52. The summed E-state index contributed by atoms with van der Waals surface area (Å²) in [6.07, 6.45) is 4.17. The van der Waals surface area contributed by atoms with Crippen LogP contribution in [0.5, 0.6) is 11.5 Å². The van der Waals surface area contributed by atoms with Crippen molar-refractivity contribution in [3.05, 3.63) is 41.3 Å². The summed E-state index contributed by atoms with van der Waals surface area (Å²) in [6.45, 7) is 0. The third-order valence-corrected chi connectivity index (χ3v) is 6.10. The van der Waals surface area contributed by atoms with Crippen LogP contribution in [0.2, 0.25) is 0 Å². The van der Waals surface area contributed by atoms with Crippen LogP contribution in [0.3, 0.4) is 0 Å². The number of anilines is 1. The molecule has 1 aliphatic carbocycles. The van der Waals surface area contributed by atoms with Crippen molar-refractivity contribution in [2.24, 2.45) is 11.8 Å². The number of carboxylic acids is 1. The molecule has 0 aliphatic heterocycles. The number of amides is 1. The molecule has 2 unspecified atom stereocenters. The number of hydrogen-bond donors (Lipinski definition) is 2. The number of benzene rings is 1. The van der Waals surface area contributed by atoms with Gasteiger partial charge in [0.2, 0.25) is 5.91 Å². The van der Waals surface area contributed by atoms with E-state index < -0.39 is 29.7 Å². The van der Waals surface area contributed by atoms with Gasteiger partial charge in [0.05, 0.1) is 33.2 Å². The molecule has 1 aromatic heterocycles. The Hall–Kier alpha value is -3.33. The Kier molecular flexibility index (Phi) is 6.96. The Labute approximate surface area is 183 Å². The Morgan fingerprint density at radius 1 is 1.03 bits per heavy atom. The number of allylic oxidation sites excluding steroid dienone is 2. The van der Waals surface area contributed by atoms with Crippen molar-refractivity contribution in [3.63, 3.8) is 0 Å². The summed E-state index contributed by atoms with van der Waals surface area (Å²) < 4.78 is 15.6. The summed E-state index contributed by atoms with van der Waals surface area (Å²) >= 11 is 1.16. The molecule has 2 N–H and O–H groups in total. The summed E-state index contributed by atoms with van der Waals surface area (Å²) in [5.41, 5.74) is 1.34. The van der Waals surface area contributed by atoms with Gasteiger partial charge in [-0.15, -0.1) is 11.3 Å². The van der Waals surface area contributed by atoms with Crippen molar-refractivity contribution in [2.75, 3.05) is 26.6 Å². The van der Waals surface area contributed by atoms with Gasteiger partial charge in [0.1, 0.15) is 22.1 Å². The molecule has 0 fully saturated rings. The van der Waals surface area contributed by atoms with Gasteiger partial charge in [0.15, 0.2) is 0 Å². The Morgan fingerprint density at radius 3 is 2.35 bits per heavy atom. The Morgan fingerprint density at radius 2 is 1.74 bits per heavy atom. The maximum absolute atomic E-state index is 12.9. The third kappa shape index (κ3) is 4.56. The van der Waals surface area contributed by atoms with Crippen molar-refractivity contribution in [3.8, 4) is 22.6 Å². The Balaban J connectivity index is 1.99. The van der Waals surface area contributed by atoms with Crippen LogP contribution >= 0.6 is 11.3 Å². The van der Waals surface area contributed by atoms with Gasteiger partial charge in [-0.05, 0) is 25.0 Å². The fraction of sp³-hybridized carbons (Fsp3) is 0.318. The van der Waals surface area contributed by atoms with Gasteiger partial charge in [-0.3, -0.25) is 9.59 Å². The minimum atomic E-state index is -1.02. The van der Waals surface area contributed by atoms with Crippen LogP contribution < -0.4 is 14.8 Å². The highest BCUT2D eigenvalue weighted by Crippen LogP contribution is 2.42. The first-order chi connectivity index (χ1) is 14.9. The molecule has 0 spiro atoms. The van der Waals surface area contributed by atoms with E-state index in [0.717, 1.165) is 11.3 Å². The van der Waals surface area contributed by atoms with Crippen LogP contribution in [-0.4, -0.2) is 44.3 Å². The lowest BCUT2D eigenvalue weighted by Crippen LogP contribution is -2.34. The molecular formula is C22H23NO7S. The van der Waals surface area contributed by atoms with E-state index in [1.165, 1.54) is 21.3 Å². The van der Waals surface area contributed by atoms with Gasteiger partial charge in [-0.2, -0.15) is 0 Å². The maximum Gasteiger partial charge on any atom is 0.341 e. The topological polar surface area (TPSA) is 111 Å². The molecule has 1 heterocycles. The van der Waals surface area contributed by atoms with E-state index in [1.54, 1.807) is 35.7 Å². The number of aliphatic carboxylic acids is 1. The molecular weight excluding hydrogens is 422 g/mol.